The van der Waals surface area contributed by atoms with Crippen LogP contribution in [0.5, 0.6) is 0 Å². The lowest BCUT2D eigenvalue weighted by Crippen LogP contribution is -2.48. The molecule has 38 heavy (non-hydrogen) atoms. The van der Waals surface area contributed by atoms with Gasteiger partial charge in [-0.1, -0.05) is 80.1 Å². The van der Waals surface area contributed by atoms with E-state index in [9.17, 15) is 4.79 Å². The Bertz CT molecular complexity index is 1070. The first kappa shape index (κ1) is 27.7. The molecule has 1 aliphatic rings. The maximum absolute atomic E-state index is 12.2. The number of carbonyl (C=O) groups excluding carboxylic acids is 1. The van der Waals surface area contributed by atoms with Crippen molar-refractivity contribution in [2.45, 2.75) is 45.1 Å². The number of unbranched alkanes of at least 4 members (excludes halogenated alkanes) is 2. The van der Waals surface area contributed by atoms with Gasteiger partial charge in [-0.15, -0.1) is 0 Å². The summed E-state index contributed by atoms with van der Waals surface area (Å²) in [5, 5.41) is 3.02. The summed E-state index contributed by atoms with van der Waals surface area (Å²) in [6, 6.07) is 26.1. The Balaban J connectivity index is 1.14. The van der Waals surface area contributed by atoms with E-state index in [2.05, 4.69) is 93.8 Å². The lowest BCUT2D eigenvalue weighted by Gasteiger charge is -2.39. The molecule has 0 saturated carbocycles. The van der Waals surface area contributed by atoms with Crippen molar-refractivity contribution in [1.29, 1.82) is 0 Å². The standard InChI is InChI=1S/C33H42N4O/c1-2-3-16-31-19-17-28(27-35-31)18-20-32(38)34-21-10-11-22-36-23-25-37(26-24-36)33(29-12-6-4-7-13-29)30-14-8-5-9-15-30/h4-9,12-15,17-20,27,33H,2-3,10-11,16,21-26H2,1H3,(H,34,38)/b20-18+. The zero-order valence-corrected chi connectivity index (χ0v) is 22.8. The van der Waals surface area contributed by atoms with Crippen molar-refractivity contribution in [2.24, 2.45) is 0 Å². The molecule has 0 bridgehead atoms. The van der Waals surface area contributed by atoms with Crippen LogP contribution in [0.25, 0.3) is 6.08 Å². The van der Waals surface area contributed by atoms with Crippen LogP contribution in [0.4, 0.5) is 0 Å². The topological polar surface area (TPSA) is 48.5 Å². The molecule has 1 fully saturated rings. The van der Waals surface area contributed by atoms with Gasteiger partial charge >= 0.3 is 0 Å². The summed E-state index contributed by atoms with van der Waals surface area (Å²) in [6.07, 6.45) is 10.7. The summed E-state index contributed by atoms with van der Waals surface area (Å²) < 4.78 is 0. The molecule has 200 valence electrons. The largest absolute Gasteiger partial charge is 0.353 e. The molecule has 2 aromatic carbocycles. The third kappa shape index (κ3) is 8.64. The summed E-state index contributed by atoms with van der Waals surface area (Å²) in [6.45, 7) is 8.26. The van der Waals surface area contributed by atoms with Crippen molar-refractivity contribution in [3.05, 3.63) is 107 Å². The second-order valence-electron chi connectivity index (χ2n) is 10.1. The first-order valence-corrected chi connectivity index (χ1v) is 14.2. The molecular weight excluding hydrogens is 468 g/mol. The van der Waals surface area contributed by atoms with Gasteiger partial charge in [-0.25, -0.2) is 0 Å². The van der Waals surface area contributed by atoms with E-state index in [0.717, 1.165) is 69.7 Å². The Morgan fingerprint density at radius 3 is 2.18 bits per heavy atom. The normalized spacial score (nSPS) is 14.8. The van der Waals surface area contributed by atoms with Crippen LogP contribution in [0, 0.1) is 0 Å². The number of aromatic nitrogens is 1. The van der Waals surface area contributed by atoms with Gasteiger partial charge in [-0.3, -0.25) is 14.7 Å². The quantitative estimate of drug-likeness (QED) is 0.235. The monoisotopic (exact) mass is 510 g/mol. The fourth-order valence-corrected chi connectivity index (χ4v) is 5.07. The minimum Gasteiger partial charge on any atom is -0.353 e. The van der Waals surface area contributed by atoms with Crippen molar-refractivity contribution in [1.82, 2.24) is 20.1 Å². The molecule has 1 saturated heterocycles. The Hall–Kier alpha value is -3.28. The molecule has 0 spiro atoms. The van der Waals surface area contributed by atoms with Crippen molar-refractivity contribution in [3.8, 4) is 0 Å². The summed E-state index contributed by atoms with van der Waals surface area (Å²) >= 11 is 0. The van der Waals surface area contributed by atoms with Gasteiger partial charge in [0.05, 0.1) is 6.04 Å². The van der Waals surface area contributed by atoms with E-state index in [1.54, 1.807) is 6.08 Å². The van der Waals surface area contributed by atoms with E-state index in [1.165, 1.54) is 17.5 Å². The lowest BCUT2D eigenvalue weighted by atomic mass is 9.96. The molecule has 3 aromatic rings. The van der Waals surface area contributed by atoms with Gasteiger partial charge in [0, 0.05) is 50.7 Å². The second kappa shape index (κ2) is 15.2. The van der Waals surface area contributed by atoms with Crippen molar-refractivity contribution >= 4 is 12.0 Å². The number of nitrogens with zero attached hydrogens (tertiary/aromatic N) is 3. The third-order valence-electron chi connectivity index (χ3n) is 7.26. The average Bonchev–Trinajstić information content (AvgIpc) is 2.97. The number of aryl methyl sites for hydroxylation is 1. The minimum atomic E-state index is -0.0402. The van der Waals surface area contributed by atoms with Gasteiger partial charge in [0.25, 0.3) is 0 Å². The summed E-state index contributed by atoms with van der Waals surface area (Å²) in [4.78, 5) is 21.8. The number of hydrogen-bond acceptors (Lipinski definition) is 4. The number of carbonyl (C=O) groups is 1. The highest BCUT2D eigenvalue weighted by molar-refractivity contribution is 5.91. The highest BCUT2D eigenvalue weighted by atomic mass is 16.1. The fourth-order valence-electron chi connectivity index (χ4n) is 5.07. The molecule has 4 rings (SSSR count). The van der Waals surface area contributed by atoms with Gasteiger partial charge in [0.2, 0.25) is 5.91 Å². The number of amides is 1. The number of piperazine rings is 1. The molecule has 5 nitrogen and oxygen atoms in total. The van der Waals surface area contributed by atoms with E-state index in [-0.39, 0.29) is 5.91 Å². The molecule has 0 radical (unpaired) electrons. The van der Waals surface area contributed by atoms with Gasteiger partial charge in [-0.2, -0.15) is 0 Å². The number of rotatable bonds is 13. The number of nitrogens with one attached hydrogen (secondary N) is 1. The van der Waals surface area contributed by atoms with E-state index in [0.29, 0.717) is 12.6 Å². The molecule has 2 heterocycles. The number of benzene rings is 2. The van der Waals surface area contributed by atoms with E-state index in [4.69, 9.17) is 0 Å². The molecule has 0 aliphatic carbocycles. The predicted molar refractivity (Wildman–Crippen MR) is 157 cm³/mol. The number of pyridine rings is 1. The molecule has 1 aromatic heterocycles. The van der Waals surface area contributed by atoms with Crippen molar-refractivity contribution < 1.29 is 4.79 Å². The maximum atomic E-state index is 12.2. The Labute approximate surface area is 228 Å². The minimum absolute atomic E-state index is 0.0402. The molecule has 1 aliphatic heterocycles. The van der Waals surface area contributed by atoms with Crippen molar-refractivity contribution in [2.75, 3.05) is 39.3 Å². The second-order valence-corrected chi connectivity index (χ2v) is 10.1. The van der Waals surface area contributed by atoms with E-state index in [1.807, 2.05) is 18.3 Å². The molecule has 1 N–H and O–H groups in total. The summed E-state index contributed by atoms with van der Waals surface area (Å²) in [5.41, 5.74) is 4.79. The first-order chi connectivity index (χ1) is 18.7. The van der Waals surface area contributed by atoms with Gasteiger partial charge in [0.15, 0.2) is 0 Å². The van der Waals surface area contributed by atoms with Crippen LogP contribution in [0.1, 0.15) is 61.0 Å². The molecule has 1 amide bonds. The zero-order valence-electron chi connectivity index (χ0n) is 22.8. The van der Waals surface area contributed by atoms with Crippen LogP contribution in [-0.4, -0.2) is 60.0 Å². The Morgan fingerprint density at radius 1 is 0.895 bits per heavy atom. The van der Waals surface area contributed by atoms with Crippen LogP contribution >= 0.6 is 0 Å². The summed E-state index contributed by atoms with van der Waals surface area (Å²) in [7, 11) is 0. The van der Waals surface area contributed by atoms with Crippen LogP contribution in [0.3, 0.4) is 0 Å². The Morgan fingerprint density at radius 2 is 1.58 bits per heavy atom. The SMILES string of the molecule is CCCCc1ccc(/C=C/C(=O)NCCCCN2CCN(C(c3ccccc3)c3ccccc3)CC2)cn1. The van der Waals surface area contributed by atoms with E-state index >= 15 is 0 Å². The molecule has 5 heteroatoms. The fraction of sp³-hybridized carbons (Fsp3) is 0.394. The van der Waals surface area contributed by atoms with E-state index < -0.39 is 0 Å². The van der Waals surface area contributed by atoms with Crippen LogP contribution in [0.2, 0.25) is 0 Å². The zero-order chi connectivity index (χ0) is 26.4. The number of hydrogen-bond donors (Lipinski definition) is 1. The molecular formula is C33H42N4O. The van der Waals surface area contributed by atoms with Crippen molar-refractivity contribution in [3.63, 3.8) is 0 Å². The highest BCUT2D eigenvalue weighted by Gasteiger charge is 2.26. The lowest BCUT2D eigenvalue weighted by molar-refractivity contribution is -0.116. The Kier molecular flexibility index (Phi) is 11.1. The first-order valence-electron chi connectivity index (χ1n) is 14.2. The predicted octanol–water partition coefficient (Wildman–Crippen LogP) is 5.74. The molecule has 0 unspecified atom stereocenters. The van der Waals surface area contributed by atoms with Gasteiger partial charge < -0.3 is 10.2 Å². The highest BCUT2D eigenvalue weighted by Crippen LogP contribution is 2.29. The van der Waals surface area contributed by atoms with Crippen LogP contribution < -0.4 is 5.32 Å². The van der Waals surface area contributed by atoms with Gasteiger partial charge in [-0.05, 0) is 61.1 Å². The van der Waals surface area contributed by atoms with Crippen LogP contribution in [0.15, 0.2) is 85.1 Å². The van der Waals surface area contributed by atoms with Gasteiger partial charge in [0.1, 0.15) is 0 Å². The molecule has 0 atom stereocenters. The average molecular weight is 511 g/mol. The smallest absolute Gasteiger partial charge is 0.243 e. The summed E-state index contributed by atoms with van der Waals surface area (Å²) in [5.74, 6) is -0.0402. The van der Waals surface area contributed by atoms with Crippen LogP contribution in [-0.2, 0) is 11.2 Å². The maximum Gasteiger partial charge on any atom is 0.243 e. The third-order valence-corrected chi connectivity index (χ3v) is 7.26.